The third kappa shape index (κ3) is 6.31. The molecule has 0 bridgehead atoms. The second-order valence-electron chi connectivity index (χ2n) is 7.89. The van der Waals surface area contributed by atoms with Crippen molar-refractivity contribution in [1.29, 1.82) is 0 Å². The molecule has 1 unspecified atom stereocenters. The molecule has 1 aromatic heterocycles. The van der Waals surface area contributed by atoms with Crippen molar-refractivity contribution in [3.63, 3.8) is 0 Å². The predicted molar refractivity (Wildman–Crippen MR) is 124 cm³/mol. The van der Waals surface area contributed by atoms with Gasteiger partial charge < -0.3 is 19.9 Å². The van der Waals surface area contributed by atoms with E-state index in [-0.39, 0.29) is 6.04 Å². The van der Waals surface area contributed by atoms with E-state index in [1.807, 2.05) is 0 Å². The van der Waals surface area contributed by atoms with Crippen LogP contribution in [0.25, 0.3) is 0 Å². The Hall–Kier alpha value is -2.38. The lowest BCUT2D eigenvalue weighted by Crippen LogP contribution is -2.46. The van der Waals surface area contributed by atoms with Crippen LogP contribution in [0.15, 0.2) is 33.8 Å². The van der Waals surface area contributed by atoms with Crippen molar-refractivity contribution in [3.8, 4) is 0 Å². The summed E-state index contributed by atoms with van der Waals surface area (Å²) in [4.78, 5) is 7.34. The van der Waals surface area contributed by atoms with Crippen LogP contribution in [0, 0.1) is 6.92 Å². The van der Waals surface area contributed by atoms with E-state index in [1.54, 1.807) is 0 Å². The van der Waals surface area contributed by atoms with Crippen molar-refractivity contribution in [1.82, 2.24) is 20.7 Å². The van der Waals surface area contributed by atoms with E-state index < -0.39 is 0 Å². The third-order valence-corrected chi connectivity index (χ3v) is 5.76. The van der Waals surface area contributed by atoms with Gasteiger partial charge in [0, 0.05) is 38.2 Å². The lowest BCUT2D eigenvalue weighted by molar-refractivity contribution is 0.0170. The van der Waals surface area contributed by atoms with Gasteiger partial charge in [-0.2, -0.15) is 0 Å². The molecular weight excluding hydrogens is 390 g/mol. The van der Waals surface area contributed by atoms with Crippen molar-refractivity contribution in [2.45, 2.75) is 53.1 Å². The number of morpholine rings is 1. The van der Waals surface area contributed by atoms with Gasteiger partial charge in [-0.25, -0.2) is 4.99 Å². The summed E-state index contributed by atoms with van der Waals surface area (Å²) < 4.78 is 11.1. The Balaban J connectivity index is 1.74. The average molecular weight is 428 g/mol. The first-order chi connectivity index (χ1) is 15.2. The van der Waals surface area contributed by atoms with Crippen LogP contribution in [-0.2, 0) is 24.1 Å². The lowest BCUT2D eigenvalue weighted by Gasteiger charge is -2.35. The Morgan fingerprint density at radius 1 is 1.10 bits per heavy atom. The molecule has 0 radical (unpaired) electrons. The molecule has 0 spiro atoms. The predicted octanol–water partition coefficient (Wildman–Crippen LogP) is 3.24. The maximum atomic E-state index is 5.58. The van der Waals surface area contributed by atoms with Crippen LogP contribution in [0.5, 0.6) is 0 Å². The summed E-state index contributed by atoms with van der Waals surface area (Å²) in [6.45, 7) is 14.0. The number of nitrogens with zero attached hydrogens (tertiary/aromatic N) is 3. The maximum absolute atomic E-state index is 5.58. The molecule has 1 aromatic carbocycles. The summed E-state index contributed by atoms with van der Waals surface area (Å²) in [7, 11) is 0. The highest BCUT2D eigenvalue weighted by atomic mass is 16.5. The Labute approximate surface area is 186 Å². The standard InChI is InChI=1S/C24H37N5O2/c1-5-21-20(23(6-2)31-28-21)16-26-24(25-7-3)27-17-22(29-12-14-30-15-13-29)19-10-8-18(4)9-11-19/h8-11,22H,5-7,12-17H2,1-4H3,(H2,25,26,27). The molecule has 0 aliphatic carbocycles. The number of aliphatic imine (C=N–C) groups is 1. The maximum Gasteiger partial charge on any atom is 0.191 e. The van der Waals surface area contributed by atoms with E-state index in [2.05, 4.69) is 72.7 Å². The van der Waals surface area contributed by atoms with Crippen LogP contribution in [0.1, 0.15) is 55.0 Å². The third-order valence-electron chi connectivity index (χ3n) is 5.76. The molecule has 1 aliphatic rings. The molecule has 31 heavy (non-hydrogen) atoms. The van der Waals surface area contributed by atoms with Gasteiger partial charge in [-0.1, -0.05) is 48.8 Å². The highest BCUT2D eigenvalue weighted by molar-refractivity contribution is 5.79. The molecule has 0 amide bonds. The largest absolute Gasteiger partial charge is 0.379 e. The Morgan fingerprint density at radius 2 is 1.84 bits per heavy atom. The number of aryl methyl sites for hydroxylation is 3. The molecule has 1 fully saturated rings. The van der Waals surface area contributed by atoms with Crippen molar-refractivity contribution < 1.29 is 9.26 Å². The number of hydrogen-bond acceptors (Lipinski definition) is 5. The zero-order valence-corrected chi connectivity index (χ0v) is 19.4. The first kappa shape index (κ1) is 23.3. The first-order valence-electron chi connectivity index (χ1n) is 11.5. The van der Waals surface area contributed by atoms with Crippen molar-refractivity contribution in [2.24, 2.45) is 4.99 Å². The number of guanidine groups is 1. The summed E-state index contributed by atoms with van der Waals surface area (Å²) in [5.41, 5.74) is 4.71. The molecule has 1 saturated heterocycles. The van der Waals surface area contributed by atoms with Crippen LogP contribution in [0.3, 0.4) is 0 Å². The normalized spacial score (nSPS) is 16.3. The summed E-state index contributed by atoms with van der Waals surface area (Å²) >= 11 is 0. The molecule has 3 rings (SSSR count). The number of nitrogens with one attached hydrogen (secondary N) is 2. The molecule has 1 atom stereocenters. The van der Waals surface area contributed by atoms with Crippen molar-refractivity contribution >= 4 is 5.96 Å². The first-order valence-corrected chi connectivity index (χ1v) is 11.5. The second-order valence-corrected chi connectivity index (χ2v) is 7.89. The summed E-state index contributed by atoms with van der Waals surface area (Å²) in [6.07, 6.45) is 1.68. The zero-order valence-electron chi connectivity index (χ0n) is 19.4. The highest BCUT2D eigenvalue weighted by Gasteiger charge is 2.23. The van der Waals surface area contributed by atoms with Crippen molar-refractivity contribution in [2.75, 3.05) is 39.4 Å². The van der Waals surface area contributed by atoms with E-state index >= 15 is 0 Å². The fourth-order valence-corrected chi connectivity index (χ4v) is 3.95. The van der Waals surface area contributed by atoms with Gasteiger partial charge >= 0.3 is 0 Å². The van der Waals surface area contributed by atoms with Gasteiger partial charge in [-0.15, -0.1) is 0 Å². The van der Waals surface area contributed by atoms with Gasteiger partial charge in [0.2, 0.25) is 0 Å². The smallest absolute Gasteiger partial charge is 0.191 e. The van der Waals surface area contributed by atoms with E-state index in [4.69, 9.17) is 14.3 Å². The van der Waals surface area contributed by atoms with E-state index in [9.17, 15) is 0 Å². The van der Waals surface area contributed by atoms with E-state index in [0.717, 1.165) is 75.2 Å². The molecule has 1 aliphatic heterocycles. The number of hydrogen-bond donors (Lipinski definition) is 2. The Kier molecular flexibility index (Phi) is 8.91. The lowest BCUT2D eigenvalue weighted by atomic mass is 10.0. The zero-order chi connectivity index (χ0) is 22.1. The number of benzene rings is 1. The minimum Gasteiger partial charge on any atom is -0.379 e. The van der Waals surface area contributed by atoms with Gasteiger partial charge in [-0.3, -0.25) is 4.90 Å². The molecule has 2 heterocycles. The fourth-order valence-electron chi connectivity index (χ4n) is 3.95. The van der Waals surface area contributed by atoms with Crippen molar-refractivity contribution in [3.05, 3.63) is 52.4 Å². The SMILES string of the molecule is CCNC(=NCc1c(CC)noc1CC)NCC(c1ccc(C)cc1)N1CCOCC1. The average Bonchev–Trinajstić information content (AvgIpc) is 3.21. The Morgan fingerprint density at radius 3 is 2.48 bits per heavy atom. The molecule has 2 N–H and O–H groups in total. The van der Waals surface area contributed by atoms with Crippen LogP contribution in [0.4, 0.5) is 0 Å². The minimum absolute atomic E-state index is 0.265. The highest BCUT2D eigenvalue weighted by Crippen LogP contribution is 2.22. The number of aromatic nitrogens is 1. The molecular formula is C24H37N5O2. The molecule has 7 heteroatoms. The van der Waals surface area contributed by atoms with Crippen LogP contribution < -0.4 is 10.6 Å². The fraction of sp³-hybridized carbons (Fsp3) is 0.583. The van der Waals surface area contributed by atoms with Crippen LogP contribution >= 0.6 is 0 Å². The van der Waals surface area contributed by atoms with Gasteiger partial charge in [-0.05, 0) is 25.8 Å². The summed E-state index contributed by atoms with van der Waals surface area (Å²) in [5.74, 6) is 1.75. The topological polar surface area (TPSA) is 74.9 Å². The van der Waals surface area contributed by atoms with Gasteiger partial charge in [0.15, 0.2) is 5.96 Å². The quantitative estimate of drug-likeness (QED) is 0.473. The van der Waals surface area contributed by atoms with Gasteiger partial charge in [0.05, 0.1) is 31.5 Å². The van der Waals surface area contributed by atoms with Gasteiger partial charge in [0.25, 0.3) is 0 Å². The monoisotopic (exact) mass is 427 g/mol. The number of ether oxygens (including phenoxy) is 1. The second kappa shape index (κ2) is 11.9. The van der Waals surface area contributed by atoms with Crippen LogP contribution in [0.2, 0.25) is 0 Å². The Bertz CT molecular complexity index is 803. The van der Waals surface area contributed by atoms with E-state index in [0.29, 0.717) is 6.54 Å². The minimum atomic E-state index is 0.265. The number of rotatable bonds is 9. The summed E-state index contributed by atoms with van der Waals surface area (Å²) in [5, 5.41) is 11.2. The van der Waals surface area contributed by atoms with E-state index in [1.165, 1.54) is 11.1 Å². The molecule has 2 aromatic rings. The summed E-state index contributed by atoms with van der Waals surface area (Å²) in [6, 6.07) is 9.11. The van der Waals surface area contributed by atoms with Gasteiger partial charge in [0.1, 0.15) is 5.76 Å². The van der Waals surface area contributed by atoms with Crippen LogP contribution in [-0.4, -0.2) is 55.4 Å². The molecule has 170 valence electrons. The molecule has 0 saturated carbocycles. The molecule has 7 nitrogen and oxygen atoms in total.